The first-order valence-electron chi connectivity index (χ1n) is 4.66. The fourth-order valence-electron chi connectivity index (χ4n) is 1.40. The van der Waals surface area contributed by atoms with Gasteiger partial charge in [-0.3, -0.25) is 9.97 Å². The molecule has 0 saturated heterocycles. The first-order valence-corrected chi connectivity index (χ1v) is 5.45. The Morgan fingerprint density at radius 1 is 1.25 bits per heavy atom. The minimum atomic E-state index is -0.807. The number of aromatic nitrogens is 2. The van der Waals surface area contributed by atoms with Crippen molar-refractivity contribution in [2.45, 2.75) is 6.10 Å². The SMILES string of the molecule is Nc1ccncc1C(O)c1cncc(Br)c1. The Kier molecular flexibility index (Phi) is 3.17. The van der Waals surface area contributed by atoms with Crippen molar-refractivity contribution in [2.75, 3.05) is 5.73 Å². The highest BCUT2D eigenvalue weighted by Gasteiger charge is 2.13. The van der Waals surface area contributed by atoms with Gasteiger partial charge in [0.15, 0.2) is 0 Å². The van der Waals surface area contributed by atoms with Crippen LogP contribution in [0.4, 0.5) is 5.69 Å². The minimum Gasteiger partial charge on any atom is -0.398 e. The van der Waals surface area contributed by atoms with E-state index in [9.17, 15) is 5.11 Å². The summed E-state index contributed by atoms with van der Waals surface area (Å²) in [7, 11) is 0. The maximum Gasteiger partial charge on any atom is 0.109 e. The standard InChI is InChI=1S/C11H10BrN3O/c12-8-3-7(4-15-5-8)11(16)9-6-14-2-1-10(9)13/h1-6,11,16H,(H2,13,14). The quantitative estimate of drug-likeness (QED) is 0.881. The molecule has 16 heavy (non-hydrogen) atoms. The number of aliphatic hydroxyl groups excluding tert-OH is 1. The number of nitrogens with zero attached hydrogens (tertiary/aromatic N) is 2. The first-order chi connectivity index (χ1) is 7.68. The molecule has 5 heteroatoms. The molecule has 2 heterocycles. The third-order valence-corrected chi connectivity index (χ3v) is 2.66. The number of pyridine rings is 2. The Labute approximate surface area is 101 Å². The first kappa shape index (κ1) is 11.0. The molecule has 0 amide bonds. The largest absolute Gasteiger partial charge is 0.398 e. The zero-order valence-electron chi connectivity index (χ0n) is 8.34. The number of nitrogens with two attached hydrogens (primary N) is 1. The lowest BCUT2D eigenvalue weighted by Gasteiger charge is -2.12. The number of aliphatic hydroxyl groups is 1. The lowest BCUT2D eigenvalue weighted by Crippen LogP contribution is -2.04. The van der Waals surface area contributed by atoms with Crippen LogP contribution in [0.25, 0.3) is 0 Å². The van der Waals surface area contributed by atoms with E-state index in [4.69, 9.17) is 5.73 Å². The Morgan fingerprint density at radius 2 is 2.06 bits per heavy atom. The topological polar surface area (TPSA) is 72.0 Å². The van der Waals surface area contributed by atoms with Gasteiger partial charge in [0.1, 0.15) is 6.10 Å². The molecule has 2 aromatic rings. The summed E-state index contributed by atoms with van der Waals surface area (Å²) in [5, 5.41) is 10.1. The van der Waals surface area contributed by atoms with Crippen molar-refractivity contribution in [1.82, 2.24) is 9.97 Å². The second-order valence-electron chi connectivity index (χ2n) is 3.34. The molecule has 3 N–H and O–H groups in total. The molecule has 2 aromatic heterocycles. The smallest absolute Gasteiger partial charge is 0.109 e. The number of rotatable bonds is 2. The molecule has 1 unspecified atom stereocenters. The third-order valence-electron chi connectivity index (χ3n) is 2.22. The molecule has 0 aliphatic rings. The number of hydrogen-bond acceptors (Lipinski definition) is 4. The van der Waals surface area contributed by atoms with E-state index < -0.39 is 6.10 Å². The molecule has 0 aromatic carbocycles. The Balaban J connectivity index is 2.39. The molecule has 4 nitrogen and oxygen atoms in total. The molecule has 0 spiro atoms. The summed E-state index contributed by atoms with van der Waals surface area (Å²) >= 11 is 3.30. The lowest BCUT2D eigenvalue weighted by molar-refractivity contribution is 0.220. The molecule has 0 aliphatic carbocycles. The molecule has 1 atom stereocenters. The van der Waals surface area contributed by atoms with Crippen molar-refractivity contribution in [3.05, 3.63) is 52.5 Å². The molecule has 0 bridgehead atoms. The van der Waals surface area contributed by atoms with E-state index in [0.717, 1.165) is 4.47 Å². The van der Waals surface area contributed by atoms with Gasteiger partial charge in [0.05, 0.1) is 0 Å². The zero-order valence-corrected chi connectivity index (χ0v) is 9.92. The lowest BCUT2D eigenvalue weighted by atomic mass is 10.0. The second kappa shape index (κ2) is 4.59. The van der Waals surface area contributed by atoms with E-state index >= 15 is 0 Å². The Bertz CT molecular complexity index is 504. The van der Waals surface area contributed by atoms with Gasteiger partial charge < -0.3 is 10.8 Å². The maximum atomic E-state index is 10.1. The van der Waals surface area contributed by atoms with Gasteiger partial charge in [-0.25, -0.2) is 0 Å². The molecule has 0 fully saturated rings. The summed E-state index contributed by atoms with van der Waals surface area (Å²) in [5.74, 6) is 0. The van der Waals surface area contributed by atoms with E-state index in [1.807, 2.05) is 0 Å². The van der Waals surface area contributed by atoms with Crippen LogP contribution in [0, 0.1) is 0 Å². The van der Waals surface area contributed by atoms with Gasteiger partial charge in [0.2, 0.25) is 0 Å². The monoisotopic (exact) mass is 279 g/mol. The zero-order chi connectivity index (χ0) is 11.5. The predicted octanol–water partition coefficient (Wildman–Crippen LogP) is 1.90. The summed E-state index contributed by atoms with van der Waals surface area (Å²) < 4.78 is 0.812. The van der Waals surface area contributed by atoms with Crippen LogP contribution in [-0.2, 0) is 0 Å². The minimum absolute atomic E-state index is 0.516. The summed E-state index contributed by atoms with van der Waals surface area (Å²) in [6, 6.07) is 3.45. The summed E-state index contributed by atoms with van der Waals surface area (Å²) in [6.07, 6.45) is 5.59. The van der Waals surface area contributed by atoms with Gasteiger partial charge in [-0.2, -0.15) is 0 Å². The predicted molar refractivity (Wildman–Crippen MR) is 64.6 cm³/mol. The fraction of sp³-hybridized carbons (Fsp3) is 0.0909. The van der Waals surface area contributed by atoms with E-state index in [2.05, 4.69) is 25.9 Å². The molecule has 2 rings (SSSR count). The number of anilines is 1. The fourth-order valence-corrected chi connectivity index (χ4v) is 1.79. The highest BCUT2D eigenvalue weighted by molar-refractivity contribution is 9.10. The molecule has 0 radical (unpaired) electrons. The van der Waals surface area contributed by atoms with Crippen LogP contribution in [0.3, 0.4) is 0 Å². The molecule has 82 valence electrons. The van der Waals surface area contributed by atoms with Gasteiger partial charge in [-0.05, 0) is 28.1 Å². The normalized spacial score (nSPS) is 12.4. The van der Waals surface area contributed by atoms with Crippen molar-refractivity contribution < 1.29 is 5.11 Å². The van der Waals surface area contributed by atoms with Crippen molar-refractivity contribution in [3.63, 3.8) is 0 Å². The second-order valence-corrected chi connectivity index (χ2v) is 4.26. The van der Waals surface area contributed by atoms with E-state index in [0.29, 0.717) is 16.8 Å². The molecular formula is C11H10BrN3O. The maximum absolute atomic E-state index is 10.1. The third kappa shape index (κ3) is 2.20. The van der Waals surface area contributed by atoms with Crippen molar-refractivity contribution >= 4 is 21.6 Å². The van der Waals surface area contributed by atoms with Crippen LogP contribution in [0.5, 0.6) is 0 Å². The van der Waals surface area contributed by atoms with Gasteiger partial charge in [0, 0.05) is 46.1 Å². The van der Waals surface area contributed by atoms with Gasteiger partial charge in [-0.15, -0.1) is 0 Å². The van der Waals surface area contributed by atoms with Gasteiger partial charge in [-0.1, -0.05) is 0 Å². The highest BCUT2D eigenvalue weighted by Crippen LogP contribution is 2.26. The average Bonchev–Trinajstić information content (AvgIpc) is 2.29. The van der Waals surface area contributed by atoms with Crippen LogP contribution in [0.1, 0.15) is 17.2 Å². The number of halogens is 1. The number of nitrogen functional groups attached to an aromatic ring is 1. The van der Waals surface area contributed by atoms with E-state index in [1.165, 1.54) is 0 Å². The Morgan fingerprint density at radius 3 is 2.75 bits per heavy atom. The van der Waals surface area contributed by atoms with Crippen LogP contribution >= 0.6 is 15.9 Å². The molecular weight excluding hydrogens is 270 g/mol. The summed E-state index contributed by atoms with van der Waals surface area (Å²) in [4.78, 5) is 7.93. The van der Waals surface area contributed by atoms with E-state index in [1.54, 1.807) is 36.9 Å². The highest BCUT2D eigenvalue weighted by atomic mass is 79.9. The Hall–Kier alpha value is -1.46. The van der Waals surface area contributed by atoms with Crippen molar-refractivity contribution in [3.8, 4) is 0 Å². The summed E-state index contributed by atoms with van der Waals surface area (Å²) in [6.45, 7) is 0. The van der Waals surface area contributed by atoms with Crippen LogP contribution in [-0.4, -0.2) is 15.1 Å². The van der Waals surface area contributed by atoms with E-state index in [-0.39, 0.29) is 0 Å². The van der Waals surface area contributed by atoms with Crippen LogP contribution in [0.15, 0.2) is 41.4 Å². The molecule has 0 saturated carbocycles. The summed E-state index contributed by atoms with van der Waals surface area (Å²) in [5.41, 5.74) is 7.54. The van der Waals surface area contributed by atoms with Crippen molar-refractivity contribution in [2.24, 2.45) is 0 Å². The van der Waals surface area contributed by atoms with Crippen LogP contribution in [0.2, 0.25) is 0 Å². The van der Waals surface area contributed by atoms with Gasteiger partial charge in [0.25, 0.3) is 0 Å². The van der Waals surface area contributed by atoms with Crippen molar-refractivity contribution in [1.29, 1.82) is 0 Å². The average molecular weight is 280 g/mol. The van der Waals surface area contributed by atoms with Gasteiger partial charge >= 0.3 is 0 Å². The van der Waals surface area contributed by atoms with Crippen LogP contribution < -0.4 is 5.73 Å². The number of hydrogen-bond donors (Lipinski definition) is 2. The molecule has 0 aliphatic heterocycles.